The smallest absolute Gasteiger partial charge is 0.189 e. The van der Waals surface area contributed by atoms with E-state index in [0.29, 0.717) is 12.8 Å². The SMILES string of the molecule is CN=C(N)N[C@@H]1C#C[C@@H]2CCC=C(Cc3cc4ccccc4[nH]3)[C@]23CC[C@](O)(C2CCCCC2)[C@H]2C[C@@H](O)[C@@](O)(C1)[C@H]2C3. The summed E-state index contributed by atoms with van der Waals surface area (Å²) in [7, 11) is 1.64. The molecule has 2 bridgehead atoms. The zero-order chi connectivity index (χ0) is 29.8. The number of aromatic nitrogens is 1. The van der Waals surface area contributed by atoms with Crippen LogP contribution in [0.5, 0.6) is 0 Å². The fourth-order valence-electron chi connectivity index (χ4n) is 10.1. The van der Waals surface area contributed by atoms with Gasteiger partial charge in [0.2, 0.25) is 0 Å². The summed E-state index contributed by atoms with van der Waals surface area (Å²) in [6.45, 7) is 0. The van der Waals surface area contributed by atoms with Crippen LogP contribution in [0.2, 0.25) is 0 Å². The Kier molecular flexibility index (Phi) is 7.39. The van der Waals surface area contributed by atoms with Crippen LogP contribution in [-0.4, -0.2) is 56.7 Å². The highest BCUT2D eigenvalue weighted by Crippen LogP contribution is 2.64. The third kappa shape index (κ3) is 4.81. The van der Waals surface area contributed by atoms with E-state index in [4.69, 9.17) is 5.73 Å². The van der Waals surface area contributed by atoms with Gasteiger partial charge >= 0.3 is 0 Å². The molecule has 0 unspecified atom stereocenters. The molecule has 7 heteroatoms. The minimum absolute atomic E-state index is 0.0930. The molecule has 7 N–H and O–H groups in total. The first-order valence-corrected chi connectivity index (χ1v) is 16.6. The fourth-order valence-corrected chi connectivity index (χ4v) is 10.1. The van der Waals surface area contributed by atoms with Crippen molar-refractivity contribution in [3.63, 3.8) is 0 Å². The van der Waals surface area contributed by atoms with E-state index in [1.165, 1.54) is 23.1 Å². The van der Waals surface area contributed by atoms with Crippen molar-refractivity contribution in [1.82, 2.24) is 10.3 Å². The van der Waals surface area contributed by atoms with Crippen molar-refractivity contribution in [2.24, 2.45) is 39.8 Å². The van der Waals surface area contributed by atoms with Gasteiger partial charge in [0, 0.05) is 42.4 Å². The Labute approximate surface area is 255 Å². The quantitative estimate of drug-likeness (QED) is 0.136. The summed E-state index contributed by atoms with van der Waals surface area (Å²) in [4.78, 5) is 7.76. The van der Waals surface area contributed by atoms with Crippen LogP contribution in [0.1, 0.15) is 82.7 Å². The van der Waals surface area contributed by atoms with E-state index in [9.17, 15) is 15.3 Å². The molecule has 2 aromatic rings. The summed E-state index contributed by atoms with van der Waals surface area (Å²) in [5.74, 6) is 7.35. The molecule has 8 atom stereocenters. The van der Waals surface area contributed by atoms with Crippen molar-refractivity contribution in [3.05, 3.63) is 47.7 Å². The number of para-hydroxylation sites is 1. The summed E-state index contributed by atoms with van der Waals surface area (Å²) in [5, 5.41) is 41.6. The summed E-state index contributed by atoms with van der Waals surface area (Å²) in [6, 6.07) is 10.2. The molecular weight excluding hydrogens is 536 g/mol. The Morgan fingerprint density at radius 1 is 1.05 bits per heavy atom. The molecule has 1 heterocycles. The standard InChI is InChI=1S/C36H48N4O3/c1-38-33(37)40-27-15-14-24-11-7-12-26(19-28-18-23-8-5-6-13-31(23)39-28)34(24)16-17-35(42,25-9-3-2-4-10-25)29-20-32(41)36(43,21-27)30(29)22-34/h5-6,8,12-13,18,24-25,27,29-30,32,39,41-43H,2-4,7,9-11,16-17,19-22H2,1H3,(H3,37,38,40)/t24-,27+,29-,30-,32+,34-,35-,36+/m0/s1. The van der Waals surface area contributed by atoms with Gasteiger partial charge in [-0.3, -0.25) is 4.99 Å². The minimum Gasteiger partial charge on any atom is -0.390 e. The topological polar surface area (TPSA) is 127 Å². The van der Waals surface area contributed by atoms with Crippen LogP contribution in [0.4, 0.5) is 0 Å². The number of guanidine groups is 1. The number of aliphatic imine (C=N–C) groups is 1. The molecule has 230 valence electrons. The second-order valence-electron chi connectivity index (χ2n) is 14.4. The fraction of sp³-hybridized carbons (Fsp3) is 0.639. The molecule has 0 aliphatic heterocycles. The molecular formula is C36H48N4O3. The molecule has 3 fully saturated rings. The van der Waals surface area contributed by atoms with Crippen LogP contribution >= 0.6 is 0 Å². The lowest BCUT2D eigenvalue weighted by atomic mass is 9.58. The number of aliphatic hydroxyl groups excluding tert-OH is 1. The highest BCUT2D eigenvalue weighted by Gasteiger charge is 2.65. The number of nitrogens with zero attached hydrogens (tertiary/aromatic N) is 1. The van der Waals surface area contributed by atoms with Crippen LogP contribution in [0, 0.1) is 40.9 Å². The van der Waals surface area contributed by atoms with E-state index in [1.807, 2.05) is 0 Å². The number of allylic oxidation sites excluding steroid dienone is 2. The molecule has 7 nitrogen and oxygen atoms in total. The summed E-state index contributed by atoms with van der Waals surface area (Å²) < 4.78 is 0. The number of rotatable bonds is 4. The predicted octanol–water partition coefficient (Wildman–Crippen LogP) is 4.57. The van der Waals surface area contributed by atoms with E-state index in [0.717, 1.165) is 63.3 Å². The zero-order valence-electron chi connectivity index (χ0n) is 25.5. The van der Waals surface area contributed by atoms with E-state index in [2.05, 4.69) is 63.5 Å². The number of benzene rings is 1. The monoisotopic (exact) mass is 584 g/mol. The third-order valence-corrected chi connectivity index (χ3v) is 12.3. The highest BCUT2D eigenvalue weighted by atomic mass is 16.3. The summed E-state index contributed by atoms with van der Waals surface area (Å²) in [6.07, 6.45) is 12.7. The summed E-state index contributed by atoms with van der Waals surface area (Å²) in [5.41, 5.74) is 7.24. The van der Waals surface area contributed by atoms with Crippen LogP contribution < -0.4 is 11.1 Å². The Morgan fingerprint density at radius 3 is 2.65 bits per heavy atom. The maximum Gasteiger partial charge on any atom is 0.189 e. The second-order valence-corrected chi connectivity index (χ2v) is 14.4. The molecule has 0 amide bonds. The van der Waals surface area contributed by atoms with Gasteiger partial charge in [0.25, 0.3) is 0 Å². The molecule has 1 aromatic heterocycles. The Balaban J connectivity index is 1.36. The van der Waals surface area contributed by atoms with E-state index >= 15 is 0 Å². The van der Waals surface area contributed by atoms with Gasteiger partial charge in [0.1, 0.15) is 0 Å². The maximum atomic E-state index is 12.9. The van der Waals surface area contributed by atoms with Crippen molar-refractivity contribution < 1.29 is 15.3 Å². The number of hydrogen-bond donors (Lipinski definition) is 6. The molecule has 1 spiro atoms. The van der Waals surface area contributed by atoms with Crippen LogP contribution in [0.25, 0.3) is 10.9 Å². The van der Waals surface area contributed by atoms with Crippen LogP contribution in [0.3, 0.4) is 0 Å². The third-order valence-electron chi connectivity index (χ3n) is 12.3. The normalized spacial score (nSPS) is 39.9. The number of H-pyrrole nitrogens is 1. The van der Waals surface area contributed by atoms with Gasteiger partial charge in [-0.1, -0.05) is 61.0 Å². The van der Waals surface area contributed by atoms with Gasteiger partial charge in [-0.2, -0.15) is 0 Å². The number of aliphatic hydroxyl groups is 3. The number of hydrogen-bond acceptors (Lipinski definition) is 4. The second kappa shape index (κ2) is 11.0. The average molecular weight is 585 g/mol. The molecule has 7 rings (SSSR count). The van der Waals surface area contributed by atoms with Gasteiger partial charge in [0.05, 0.1) is 23.3 Å². The highest BCUT2D eigenvalue weighted by molar-refractivity contribution is 5.80. The Bertz CT molecular complexity index is 1450. The lowest BCUT2D eigenvalue weighted by Gasteiger charge is -2.46. The number of nitrogens with two attached hydrogens (primary N) is 1. The molecule has 3 saturated carbocycles. The largest absolute Gasteiger partial charge is 0.390 e. The van der Waals surface area contributed by atoms with Crippen molar-refractivity contribution in [2.75, 3.05) is 7.05 Å². The lowest BCUT2D eigenvalue weighted by Crippen LogP contribution is -2.53. The summed E-state index contributed by atoms with van der Waals surface area (Å²) >= 11 is 0. The Hall–Kier alpha value is -2.79. The molecule has 43 heavy (non-hydrogen) atoms. The number of fused-ring (bicyclic) bond motifs is 1. The minimum atomic E-state index is -1.39. The number of aromatic amines is 1. The molecule has 0 saturated heterocycles. The molecule has 5 aliphatic rings. The van der Waals surface area contributed by atoms with Crippen molar-refractivity contribution in [2.45, 2.75) is 107 Å². The van der Waals surface area contributed by atoms with Gasteiger partial charge in [-0.15, -0.1) is 0 Å². The predicted molar refractivity (Wildman–Crippen MR) is 170 cm³/mol. The zero-order valence-corrected chi connectivity index (χ0v) is 25.5. The van der Waals surface area contributed by atoms with Crippen molar-refractivity contribution in [1.29, 1.82) is 0 Å². The van der Waals surface area contributed by atoms with Crippen LogP contribution in [-0.2, 0) is 6.42 Å². The first-order chi connectivity index (χ1) is 20.7. The maximum absolute atomic E-state index is 12.9. The molecule has 1 aromatic carbocycles. The Morgan fingerprint density at radius 2 is 1.86 bits per heavy atom. The van der Waals surface area contributed by atoms with E-state index < -0.39 is 23.3 Å². The average Bonchev–Trinajstić information content (AvgIpc) is 3.50. The lowest BCUT2D eigenvalue weighted by molar-refractivity contribution is -0.123. The first-order valence-electron chi connectivity index (χ1n) is 16.6. The van der Waals surface area contributed by atoms with Crippen LogP contribution in [0.15, 0.2) is 47.0 Å². The number of nitrogens with one attached hydrogen (secondary N) is 2. The molecule has 5 aliphatic carbocycles. The van der Waals surface area contributed by atoms with Gasteiger partial charge in [-0.05, 0) is 86.6 Å². The van der Waals surface area contributed by atoms with Gasteiger partial charge < -0.3 is 31.4 Å². The van der Waals surface area contributed by atoms with Gasteiger partial charge in [0.15, 0.2) is 5.96 Å². The van der Waals surface area contributed by atoms with E-state index in [-0.39, 0.29) is 41.5 Å². The van der Waals surface area contributed by atoms with Crippen molar-refractivity contribution in [3.8, 4) is 11.8 Å². The van der Waals surface area contributed by atoms with E-state index in [1.54, 1.807) is 7.05 Å². The molecule has 0 radical (unpaired) electrons. The van der Waals surface area contributed by atoms with Crippen molar-refractivity contribution >= 4 is 16.9 Å². The van der Waals surface area contributed by atoms with Gasteiger partial charge in [-0.25, -0.2) is 0 Å². The first kappa shape index (κ1) is 29.0.